The predicted octanol–water partition coefficient (Wildman–Crippen LogP) is 2.64. The summed E-state index contributed by atoms with van der Waals surface area (Å²) in [4.78, 5) is 14.7. The molecular weight excluding hydrogens is 224 g/mol. The molecule has 0 bridgehead atoms. The van der Waals surface area contributed by atoms with Gasteiger partial charge < -0.3 is 5.32 Å². The molecule has 0 saturated carbocycles. The van der Waals surface area contributed by atoms with Crippen LogP contribution in [0.2, 0.25) is 0 Å². The molecule has 0 radical (unpaired) electrons. The van der Waals surface area contributed by atoms with Crippen LogP contribution in [-0.4, -0.2) is 29.4 Å². The Hall–Kier alpha value is -1.35. The Morgan fingerprint density at radius 2 is 1.83 bits per heavy atom. The normalized spacial score (nSPS) is 21.8. The molecule has 0 aliphatic carbocycles. The highest BCUT2D eigenvalue weighted by molar-refractivity contribution is 5.91. The smallest absolute Gasteiger partial charge is 0.226 e. The predicted molar refractivity (Wildman–Crippen MR) is 72.5 cm³/mol. The van der Waals surface area contributed by atoms with Gasteiger partial charge in [-0.3, -0.25) is 9.69 Å². The van der Waals surface area contributed by atoms with Gasteiger partial charge in [0, 0.05) is 17.6 Å². The average Bonchev–Trinajstić information content (AvgIpc) is 2.88. The third kappa shape index (κ3) is 2.15. The van der Waals surface area contributed by atoms with Crippen molar-refractivity contribution in [2.45, 2.75) is 37.6 Å². The second-order valence-electron chi connectivity index (χ2n) is 5.51. The zero-order valence-electron chi connectivity index (χ0n) is 10.7. The topological polar surface area (TPSA) is 32.3 Å². The van der Waals surface area contributed by atoms with E-state index in [2.05, 4.69) is 10.2 Å². The Kier molecular flexibility index (Phi) is 3.08. The fourth-order valence-electron chi connectivity index (χ4n) is 3.54. The van der Waals surface area contributed by atoms with Crippen molar-refractivity contribution >= 4 is 11.6 Å². The maximum atomic E-state index is 12.2. The Labute approximate surface area is 108 Å². The number of hydrogen-bond acceptors (Lipinski definition) is 2. The highest BCUT2D eigenvalue weighted by atomic mass is 16.1. The number of carbonyl (C=O) groups excluding carboxylic acids is 1. The van der Waals surface area contributed by atoms with Gasteiger partial charge in [0.2, 0.25) is 5.91 Å². The van der Waals surface area contributed by atoms with Crippen LogP contribution in [0.5, 0.6) is 0 Å². The van der Waals surface area contributed by atoms with E-state index in [-0.39, 0.29) is 11.4 Å². The van der Waals surface area contributed by atoms with E-state index in [1.165, 1.54) is 38.8 Å². The SMILES string of the molecule is O=C(CC12CCCN1CCC2)Nc1ccccc1. The summed E-state index contributed by atoms with van der Waals surface area (Å²) in [6.07, 6.45) is 5.53. The second kappa shape index (κ2) is 4.73. The van der Waals surface area contributed by atoms with Gasteiger partial charge in [0.1, 0.15) is 0 Å². The van der Waals surface area contributed by atoms with Gasteiger partial charge in [-0.05, 0) is 50.9 Å². The van der Waals surface area contributed by atoms with Gasteiger partial charge in [0.15, 0.2) is 0 Å². The van der Waals surface area contributed by atoms with E-state index < -0.39 is 0 Å². The molecule has 0 atom stereocenters. The van der Waals surface area contributed by atoms with Crippen molar-refractivity contribution in [1.29, 1.82) is 0 Å². The van der Waals surface area contributed by atoms with Crippen molar-refractivity contribution in [1.82, 2.24) is 4.90 Å². The van der Waals surface area contributed by atoms with Crippen LogP contribution in [0.3, 0.4) is 0 Å². The lowest BCUT2D eigenvalue weighted by atomic mass is 9.90. The van der Waals surface area contributed by atoms with E-state index in [1.807, 2.05) is 30.3 Å². The quantitative estimate of drug-likeness (QED) is 0.886. The zero-order valence-corrected chi connectivity index (χ0v) is 10.7. The van der Waals surface area contributed by atoms with Crippen LogP contribution in [0, 0.1) is 0 Å². The number of nitrogens with zero attached hydrogens (tertiary/aromatic N) is 1. The molecule has 18 heavy (non-hydrogen) atoms. The average molecular weight is 244 g/mol. The van der Waals surface area contributed by atoms with Crippen LogP contribution in [0.25, 0.3) is 0 Å². The van der Waals surface area contributed by atoms with Crippen LogP contribution in [0.4, 0.5) is 5.69 Å². The summed E-state index contributed by atoms with van der Waals surface area (Å²) >= 11 is 0. The third-order valence-electron chi connectivity index (χ3n) is 4.36. The minimum Gasteiger partial charge on any atom is -0.326 e. The molecule has 1 amide bonds. The molecule has 2 aliphatic heterocycles. The first-order valence-electron chi connectivity index (χ1n) is 6.89. The zero-order chi connectivity index (χ0) is 12.4. The second-order valence-corrected chi connectivity index (χ2v) is 5.51. The van der Waals surface area contributed by atoms with Gasteiger partial charge in [-0.2, -0.15) is 0 Å². The largest absolute Gasteiger partial charge is 0.326 e. The highest BCUT2D eigenvalue weighted by Crippen LogP contribution is 2.41. The number of para-hydroxylation sites is 1. The van der Waals surface area contributed by atoms with Crippen LogP contribution >= 0.6 is 0 Å². The fourth-order valence-corrected chi connectivity index (χ4v) is 3.54. The maximum absolute atomic E-state index is 12.2. The van der Waals surface area contributed by atoms with Crippen LogP contribution < -0.4 is 5.32 Å². The fraction of sp³-hybridized carbons (Fsp3) is 0.533. The molecule has 2 aliphatic rings. The Morgan fingerprint density at radius 1 is 1.17 bits per heavy atom. The molecule has 1 aromatic rings. The van der Waals surface area contributed by atoms with E-state index in [1.54, 1.807) is 0 Å². The molecule has 0 unspecified atom stereocenters. The molecule has 2 saturated heterocycles. The molecule has 0 aromatic heterocycles. The number of fused-ring (bicyclic) bond motifs is 1. The lowest BCUT2D eigenvalue weighted by Crippen LogP contribution is -2.41. The van der Waals surface area contributed by atoms with E-state index in [9.17, 15) is 4.79 Å². The van der Waals surface area contributed by atoms with Crippen molar-refractivity contribution < 1.29 is 4.79 Å². The van der Waals surface area contributed by atoms with E-state index in [4.69, 9.17) is 0 Å². The molecule has 3 heteroatoms. The molecular formula is C15H20N2O. The van der Waals surface area contributed by atoms with Gasteiger partial charge in [0.25, 0.3) is 0 Å². The summed E-state index contributed by atoms with van der Waals surface area (Å²) in [5, 5.41) is 3.01. The minimum atomic E-state index is 0.162. The summed E-state index contributed by atoms with van der Waals surface area (Å²) in [5.41, 5.74) is 1.08. The van der Waals surface area contributed by atoms with Crippen LogP contribution in [0.1, 0.15) is 32.1 Å². The number of benzene rings is 1. The number of hydrogen-bond donors (Lipinski definition) is 1. The summed E-state index contributed by atoms with van der Waals surface area (Å²) in [5.74, 6) is 0.162. The number of anilines is 1. The minimum absolute atomic E-state index is 0.162. The summed E-state index contributed by atoms with van der Waals surface area (Å²) in [7, 11) is 0. The summed E-state index contributed by atoms with van der Waals surface area (Å²) < 4.78 is 0. The van der Waals surface area contributed by atoms with Gasteiger partial charge in [-0.15, -0.1) is 0 Å². The number of carbonyl (C=O) groups is 1. The van der Waals surface area contributed by atoms with Gasteiger partial charge in [-0.1, -0.05) is 18.2 Å². The standard InChI is InChI=1S/C15H20N2O/c18-14(16-13-6-2-1-3-7-13)12-15-8-4-10-17(15)11-5-9-15/h1-3,6-7H,4-5,8-12H2,(H,16,18). The first kappa shape index (κ1) is 11.7. The van der Waals surface area contributed by atoms with E-state index >= 15 is 0 Å². The van der Waals surface area contributed by atoms with Gasteiger partial charge >= 0.3 is 0 Å². The van der Waals surface area contributed by atoms with Crippen molar-refractivity contribution in [3.05, 3.63) is 30.3 Å². The van der Waals surface area contributed by atoms with Crippen molar-refractivity contribution in [2.24, 2.45) is 0 Å². The molecule has 96 valence electrons. The summed E-state index contributed by atoms with van der Waals surface area (Å²) in [6, 6.07) is 9.74. The Bertz CT molecular complexity index is 419. The lowest BCUT2D eigenvalue weighted by Gasteiger charge is -2.31. The highest BCUT2D eigenvalue weighted by Gasteiger charge is 2.45. The Balaban J connectivity index is 1.64. The number of rotatable bonds is 3. The maximum Gasteiger partial charge on any atom is 0.226 e. The van der Waals surface area contributed by atoms with Gasteiger partial charge in [-0.25, -0.2) is 0 Å². The third-order valence-corrected chi connectivity index (χ3v) is 4.36. The van der Waals surface area contributed by atoms with Crippen molar-refractivity contribution in [3.63, 3.8) is 0 Å². The molecule has 1 N–H and O–H groups in total. The first-order chi connectivity index (χ1) is 8.78. The van der Waals surface area contributed by atoms with Crippen molar-refractivity contribution in [2.75, 3.05) is 18.4 Å². The van der Waals surface area contributed by atoms with Crippen molar-refractivity contribution in [3.8, 4) is 0 Å². The molecule has 0 spiro atoms. The Morgan fingerprint density at radius 3 is 2.50 bits per heavy atom. The van der Waals surface area contributed by atoms with Crippen LogP contribution in [0.15, 0.2) is 30.3 Å². The number of nitrogens with one attached hydrogen (secondary N) is 1. The van der Waals surface area contributed by atoms with E-state index in [0.29, 0.717) is 6.42 Å². The van der Waals surface area contributed by atoms with Gasteiger partial charge in [0.05, 0.1) is 0 Å². The molecule has 2 fully saturated rings. The molecule has 1 aromatic carbocycles. The molecule has 3 rings (SSSR count). The monoisotopic (exact) mass is 244 g/mol. The summed E-state index contributed by atoms with van der Waals surface area (Å²) in [6.45, 7) is 2.36. The lowest BCUT2D eigenvalue weighted by molar-refractivity contribution is -0.118. The van der Waals surface area contributed by atoms with Crippen LogP contribution in [-0.2, 0) is 4.79 Å². The van der Waals surface area contributed by atoms with E-state index in [0.717, 1.165) is 5.69 Å². The number of amides is 1. The molecule has 3 nitrogen and oxygen atoms in total. The molecule has 2 heterocycles. The first-order valence-corrected chi connectivity index (χ1v) is 6.89.